The summed E-state index contributed by atoms with van der Waals surface area (Å²) in [5, 5.41) is 0. The third kappa shape index (κ3) is 2.48. The van der Waals surface area contributed by atoms with Crippen molar-refractivity contribution in [2.75, 3.05) is 7.11 Å². The van der Waals surface area contributed by atoms with Crippen LogP contribution in [0.15, 0.2) is 12.3 Å². The van der Waals surface area contributed by atoms with Crippen LogP contribution in [0, 0.1) is 0 Å². The highest BCUT2D eigenvalue weighted by Gasteiger charge is 2.07. The summed E-state index contributed by atoms with van der Waals surface area (Å²) < 4.78 is 4.07. The van der Waals surface area contributed by atoms with Crippen LogP contribution in [0.1, 0.15) is 0 Å². The first-order valence-electron chi connectivity index (χ1n) is 2.23. The summed E-state index contributed by atoms with van der Waals surface area (Å²) in [5.41, 5.74) is 4.81. The highest BCUT2D eigenvalue weighted by molar-refractivity contribution is 6.38. The molecular weight excluding hydrogens is 122 g/mol. The Labute approximate surface area is 52.3 Å². The van der Waals surface area contributed by atoms with E-state index >= 15 is 0 Å². The van der Waals surface area contributed by atoms with Crippen LogP contribution in [0.2, 0.25) is 0 Å². The van der Waals surface area contributed by atoms with Crippen molar-refractivity contribution in [2.24, 2.45) is 5.73 Å². The molecule has 0 aliphatic rings. The number of methoxy groups -OCH3 is 1. The minimum Gasteiger partial charge on any atom is -0.463 e. The predicted molar refractivity (Wildman–Crippen MR) is 30.4 cm³/mol. The van der Waals surface area contributed by atoms with E-state index in [2.05, 4.69) is 4.74 Å². The molecular formula is C5H7NO3. The Morgan fingerprint density at radius 2 is 2.11 bits per heavy atom. The predicted octanol–water partition coefficient (Wildman–Crippen LogP) is -0.799. The van der Waals surface area contributed by atoms with Gasteiger partial charge in [-0.25, -0.2) is 4.79 Å². The van der Waals surface area contributed by atoms with Crippen LogP contribution in [0.5, 0.6) is 0 Å². The summed E-state index contributed by atoms with van der Waals surface area (Å²) in [7, 11) is 1.13. The van der Waals surface area contributed by atoms with Gasteiger partial charge in [0.25, 0.3) is 5.78 Å². The molecule has 0 aromatic carbocycles. The van der Waals surface area contributed by atoms with Gasteiger partial charge in [-0.1, -0.05) is 0 Å². The van der Waals surface area contributed by atoms with Crippen molar-refractivity contribution >= 4 is 11.8 Å². The number of ketones is 1. The van der Waals surface area contributed by atoms with Crippen LogP contribution >= 0.6 is 0 Å². The zero-order chi connectivity index (χ0) is 7.28. The summed E-state index contributed by atoms with van der Waals surface area (Å²) in [4.78, 5) is 20.6. The molecule has 50 valence electrons. The zero-order valence-corrected chi connectivity index (χ0v) is 4.96. The van der Waals surface area contributed by atoms with Crippen LogP contribution in [0.4, 0.5) is 0 Å². The van der Waals surface area contributed by atoms with E-state index in [0.29, 0.717) is 0 Å². The van der Waals surface area contributed by atoms with Crippen LogP contribution < -0.4 is 5.73 Å². The lowest BCUT2D eigenvalue weighted by Gasteiger charge is -1.88. The summed E-state index contributed by atoms with van der Waals surface area (Å²) >= 11 is 0. The maximum absolute atomic E-state index is 10.3. The minimum atomic E-state index is -0.906. The van der Waals surface area contributed by atoms with E-state index in [0.717, 1.165) is 19.4 Å². The van der Waals surface area contributed by atoms with Gasteiger partial charge in [-0.05, 0) is 6.20 Å². The molecule has 4 heteroatoms. The van der Waals surface area contributed by atoms with Crippen molar-refractivity contribution in [3.63, 3.8) is 0 Å². The average Bonchev–Trinajstić information content (AvgIpc) is 1.87. The molecule has 0 rings (SSSR count). The van der Waals surface area contributed by atoms with E-state index in [1.54, 1.807) is 0 Å². The lowest BCUT2D eigenvalue weighted by molar-refractivity contribution is -0.149. The lowest BCUT2D eigenvalue weighted by Crippen LogP contribution is -2.12. The first-order valence-corrected chi connectivity index (χ1v) is 2.23. The number of nitrogens with two attached hydrogens (primary N) is 1. The number of carbonyl (C=O) groups is 2. The summed E-state index contributed by atoms with van der Waals surface area (Å²) in [6.45, 7) is 0. The fourth-order valence-corrected chi connectivity index (χ4v) is 0.256. The molecule has 0 radical (unpaired) electrons. The van der Waals surface area contributed by atoms with E-state index in [-0.39, 0.29) is 0 Å². The topological polar surface area (TPSA) is 69.4 Å². The Kier molecular flexibility index (Phi) is 3.12. The van der Waals surface area contributed by atoms with Gasteiger partial charge in [0.1, 0.15) is 0 Å². The highest BCUT2D eigenvalue weighted by atomic mass is 16.5. The maximum Gasteiger partial charge on any atom is 0.378 e. The molecule has 4 nitrogen and oxygen atoms in total. The molecule has 0 aliphatic heterocycles. The van der Waals surface area contributed by atoms with Crippen molar-refractivity contribution < 1.29 is 14.3 Å². The van der Waals surface area contributed by atoms with E-state index < -0.39 is 11.8 Å². The summed E-state index contributed by atoms with van der Waals surface area (Å²) in [5.74, 6) is -1.66. The van der Waals surface area contributed by atoms with E-state index in [1.165, 1.54) is 0 Å². The first-order chi connectivity index (χ1) is 4.22. The molecule has 0 saturated heterocycles. The number of ether oxygens (including phenoxy) is 1. The molecule has 0 unspecified atom stereocenters. The van der Waals surface area contributed by atoms with Crippen molar-refractivity contribution in [1.29, 1.82) is 0 Å². The van der Waals surface area contributed by atoms with Crippen molar-refractivity contribution in [1.82, 2.24) is 0 Å². The SMILES string of the molecule is COC(=O)C(=O)/C=C/N. The molecule has 0 saturated carbocycles. The lowest BCUT2D eigenvalue weighted by atomic mass is 10.4. The number of hydrogen-bond donors (Lipinski definition) is 1. The molecule has 0 bridgehead atoms. The average molecular weight is 129 g/mol. The zero-order valence-electron chi connectivity index (χ0n) is 4.96. The fourth-order valence-electron chi connectivity index (χ4n) is 0.256. The molecule has 0 fully saturated rings. The van der Waals surface area contributed by atoms with Gasteiger partial charge < -0.3 is 10.5 Å². The van der Waals surface area contributed by atoms with Crippen LogP contribution in [-0.4, -0.2) is 18.9 Å². The van der Waals surface area contributed by atoms with E-state index in [1.807, 2.05) is 0 Å². The second-order valence-electron chi connectivity index (χ2n) is 1.21. The van der Waals surface area contributed by atoms with Crippen LogP contribution in [-0.2, 0) is 14.3 Å². The van der Waals surface area contributed by atoms with Gasteiger partial charge >= 0.3 is 5.97 Å². The standard InChI is InChI=1S/C5H7NO3/c1-9-5(8)4(7)2-3-6/h2-3H,6H2,1H3/b3-2+. The third-order valence-electron chi connectivity index (χ3n) is 0.634. The van der Waals surface area contributed by atoms with Gasteiger partial charge in [0, 0.05) is 6.08 Å². The summed E-state index contributed by atoms with van der Waals surface area (Å²) in [6.07, 6.45) is 1.92. The Hall–Kier alpha value is -1.32. The van der Waals surface area contributed by atoms with Gasteiger partial charge in [-0.15, -0.1) is 0 Å². The third-order valence-corrected chi connectivity index (χ3v) is 0.634. The molecule has 0 atom stereocenters. The monoisotopic (exact) mass is 129 g/mol. The Morgan fingerprint density at radius 3 is 2.44 bits per heavy atom. The number of esters is 1. The second-order valence-corrected chi connectivity index (χ2v) is 1.21. The molecule has 0 amide bonds. The molecule has 2 N–H and O–H groups in total. The largest absolute Gasteiger partial charge is 0.463 e. The quantitative estimate of drug-likeness (QED) is 0.301. The van der Waals surface area contributed by atoms with Gasteiger partial charge in [-0.2, -0.15) is 0 Å². The van der Waals surface area contributed by atoms with E-state index in [9.17, 15) is 9.59 Å². The molecule has 0 aromatic heterocycles. The fraction of sp³-hybridized carbons (Fsp3) is 0.200. The van der Waals surface area contributed by atoms with Crippen LogP contribution in [0.25, 0.3) is 0 Å². The maximum atomic E-state index is 10.3. The number of rotatable bonds is 2. The van der Waals surface area contributed by atoms with Gasteiger partial charge in [-0.3, -0.25) is 4.79 Å². The van der Waals surface area contributed by atoms with Gasteiger partial charge in [0.05, 0.1) is 7.11 Å². The number of carbonyl (C=O) groups excluding carboxylic acids is 2. The summed E-state index contributed by atoms with van der Waals surface area (Å²) in [6, 6.07) is 0. The van der Waals surface area contributed by atoms with Crippen LogP contribution in [0.3, 0.4) is 0 Å². The second kappa shape index (κ2) is 3.65. The molecule has 0 aliphatic carbocycles. The molecule has 9 heavy (non-hydrogen) atoms. The van der Waals surface area contributed by atoms with E-state index in [4.69, 9.17) is 5.73 Å². The Balaban J connectivity index is 3.89. The Bertz CT molecular complexity index is 150. The smallest absolute Gasteiger partial charge is 0.378 e. The first kappa shape index (κ1) is 7.68. The van der Waals surface area contributed by atoms with Crippen molar-refractivity contribution in [2.45, 2.75) is 0 Å². The Morgan fingerprint density at radius 1 is 1.56 bits per heavy atom. The van der Waals surface area contributed by atoms with Gasteiger partial charge in [0.2, 0.25) is 0 Å². The van der Waals surface area contributed by atoms with Crippen molar-refractivity contribution in [3.05, 3.63) is 12.3 Å². The van der Waals surface area contributed by atoms with Gasteiger partial charge in [0.15, 0.2) is 0 Å². The molecule has 0 spiro atoms. The molecule has 0 heterocycles. The van der Waals surface area contributed by atoms with Crippen molar-refractivity contribution in [3.8, 4) is 0 Å². The minimum absolute atomic E-state index is 0.750. The molecule has 0 aromatic rings. The highest BCUT2D eigenvalue weighted by Crippen LogP contribution is 1.77. The number of hydrogen-bond acceptors (Lipinski definition) is 4. The normalized spacial score (nSPS) is 9.44.